The first-order valence-electron chi connectivity index (χ1n) is 6.54. The largest absolute Gasteiger partial charge is 0.497 e. The van der Waals surface area contributed by atoms with Crippen molar-refractivity contribution < 1.29 is 9.53 Å². The Balaban J connectivity index is 2.21. The number of Topliss-reactive ketones (excluding diaryl/α,β-unsaturated/α-hetero) is 1. The number of methoxy groups -OCH3 is 1. The lowest BCUT2D eigenvalue weighted by atomic mass is 9.74. The van der Waals surface area contributed by atoms with Crippen LogP contribution in [0.2, 0.25) is 0 Å². The molecular formula is C15H20ClNO2. The Morgan fingerprint density at radius 3 is 2.89 bits per heavy atom. The third-order valence-corrected chi connectivity index (χ3v) is 4.41. The summed E-state index contributed by atoms with van der Waals surface area (Å²) in [7, 11) is 1.65. The van der Waals surface area contributed by atoms with Crippen molar-refractivity contribution in [3.63, 3.8) is 0 Å². The van der Waals surface area contributed by atoms with E-state index in [0.29, 0.717) is 13.0 Å². The molecule has 1 aliphatic rings. The molecule has 0 bridgehead atoms. The highest BCUT2D eigenvalue weighted by Crippen LogP contribution is 2.35. The zero-order valence-corrected chi connectivity index (χ0v) is 12.4. The third-order valence-electron chi connectivity index (χ3n) is 4.01. The van der Waals surface area contributed by atoms with Crippen LogP contribution in [0.25, 0.3) is 0 Å². The van der Waals surface area contributed by atoms with Gasteiger partial charge in [-0.3, -0.25) is 4.79 Å². The van der Waals surface area contributed by atoms with Gasteiger partial charge in [0.1, 0.15) is 11.5 Å². The van der Waals surface area contributed by atoms with Crippen molar-refractivity contribution in [3.8, 4) is 5.75 Å². The van der Waals surface area contributed by atoms with E-state index in [1.165, 1.54) is 0 Å². The lowest BCUT2D eigenvalue weighted by molar-refractivity contribution is -0.133. The van der Waals surface area contributed by atoms with E-state index >= 15 is 0 Å². The van der Waals surface area contributed by atoms with E-state index in [1.807, 2.05) is 38.1 Å². The standard InChI is InChI=1S/C15H20ClNO2/c1-15(2)13(17(16)8-7-14(15)18)10-11-5-4-6-12(9-11)19-3/h4-6,9,13H,7-8,10H2,1-3H3. The van der Waals surface area contributed by atoms with Gasteiger partial charge in [0, 0.05) is 24.4 Å². The predicted molar refractivity (Wildman–Crippen MR) is 76.5 cm³/mol. The number of benzene rings is 1. The maximum Gasteiger partial charge on any atom is 0.141 e. The molecule has 1 aromatic rings. The first-order chi connectivity index (χ1) is 8.95. The molecule has 0 radical (unpaired) electrons. The summed E-state index contributed by atoms with van der Waals surface area (Å²) < 4.78 is 7.01. The number of ether oxygens (including phenoxy) is 1. The second-order valence-corrected chi connectivity index (χ2v) is 6.02. The van der Waals surface area contributed by atoms with Gasteiger partial charge in [0.15, 0.2) is 0 Å². The molecule has 19 heavy (non-hydrogen) atoms. The molecular weight excluding hydrogens is 262 g/mol. The molecule has 0 spiro atoms. The second kappa shape index (κ2) is 5.51. The van der Waals surface area contributed by atoms with Crippen LogP contribution in [0.15, 0.2) is 24.3 Å². The molecule has 1 aliphatic heterocycles. The Morgan fingerprint density at radius 1 is 1.47 bits per heavy atom. The molecule has 0 N–H and O–H groups in total. The normalized spacial score (nSPS) is 23.4. The van der Waals surface area contributed by atoms with E-state index in [0.717, 1.165) is 17.7 Å². The van der Waals surface area contributed by atoms with Crippen molar-refractivity contribution >= 4 is 17.6 Å². The van der Waals surface area contributed by atoms with Gasteiger partial charge in [-0.25, -0.2) is 4.42 Å². The molecule has 4 heteroatoms. The van der Waals surface area contributed by atoms with Gasteiger partial charge in [-0.1, -0.05) is 26.0 Å². The Kier molecular flexibility index (Phi) is 4.16. The summed E-state index contributed by atoms with van der Waals surface area (Å²) in [5.41, 5.74) is 0.723. The van der Waals surface area contributed by atoms with Gasteiger partial charge in [0.05, 0.1) is 7.11 Å². The molecule has 1 aromatic carbocycles. The number of hydrogen-bond donors (Lipinski definition) is 0. The molecule has 0 saturated carbocycles. The van der Waals surface area contributed by atoms with E-state index in [2.05, 4.69) is 0 Å². The Bertz CT molecular complexity index is 473. The zero-order valence-electron chi connectivity index (χ0n) is 11.6. The van der Waals surface area contributed by atoms with Gasteiger partial charge in [-0.2, -0.15) is 0 Å². The van der Waals surface area contributed by atoms with Gasteiger partial charge in [-0.05, 0) is 35.9 Å². The molecule has 1 heterocycles. The van der Waals surface area contributed by atoms with Gasteiger partial charge >= 0.3 is 0 Å². The van der Waals surface area contributed by atoms with Crippen molar-refractivity contribution in [3.05, 3.63) is 29.8 Å². The minimum absolute atomic E-state index is 0.0162. The summed E-state index contributed by atoms with van der Waals surface area (Å²) in [6.45, 7) is 4.59. The average Bonchev–Trinajstić information content (AvgIpc) is 2.40. The second-order valence-electron chi connectivity index (χ2n) is 5.59. The maximum absolute atomic E-state index is 12.1. The number of halogens is 1. The van der Waals surface area contributed by atoms with Crippen LogP contribution >= 0.6 is 11.8 Å². The van der Waals surface area contributed by atoms with Gasteiger partial charge in [0.25, 0.3) is 0 Å². The summed E-state index contributed by atoms with van der Waals surface area (Å²) >= 11 is 6.31. The fourth-order valence-electron chi connectivity index (χ4n) is 2.60. The molecule has 3 nitrogen and oxygen atoms in total. The van der Waals surface area contributed by atoms with Crippen LogP contribution in [-0.2, 0) is 11.2 Å². The molecule has 1 atom stereocenters. The van der Waals surface area contributed by atoms with Crippen LogP contribution in [0.4, 0.5) is 0 Å². The SMILES string of the molecule is COc1cccc(CC2N(Cl)CCC(=O)C2(C)C)c1. The van der Waals surface area contributed by atoms with Crippen LogP contribution in [0, 0.1) is 5.41 Å². The minimum atomic E-state index is -0.414. The summed E-state index contributed by atoms with van der Waals surface area (Å²) in [5, 5.41) is 0. The van der Waals surface area contributed by atoms with E-state index < -0.39 is 5.41 Å². The van der Waals surface area contributed by atoms with Gasteiger partial charge in [0.2, 0.25) is 0 Å². The van der Waals surface area contributed by atoms with Crippen molar-refractivity contribution in [2.24, 2.45) is 5.41 Å². The number of nitrogens with zero attached hydrogens (tertiary/aromatic N) is 1. The Labute approximate surface area is 119 Å². The number of hydrogen-bond acceptors (Lipinski definition) is 3. The average molecular weight is 282 g/mol. The van der Waals surface area contributed by atoms with Gasteiger partial charge < -0.3 is 4.74 Å². The monoisotopic (exact) mass is 281 g/mol. The minimum Gasteiger partial charge on any atom is -0.497 e. The molecule has 1 unspecified atom stereocenters. The van der Waals surface area contributed by atoms with Crippen LogP contribution in [0.3, 0.4) is 0 Å². The van der Waals surface area contributed by atoms with E-state index in [9.17, 15) is 4.79 Å². The molecule has 2 rings (SSSR count). The fraction of sp³-hybridized carbons (Fsp3) is 0.533. The van der Waals surface area contributed by atoms with Crippen LogP contribution in [0.5, 0.6) is 5.75 Å². The molecule has 0 aromatic heterocycles. The lowest BCUT2D eigenvalue weighted by Gasteiger charge is -2.42. The highest BCUT2D eigenvalue weighted by atomic mass is 35.5. The highest BCUT2D eigenvalue weighted by molar-refractivity contribution is 6.14. The van der Waals surface area contributed by atoms with E-state index in [4.69, 9.17) is 16.5 Å². The molecule has 0 aliphatic carbocycles. The summed E-state index contributed by atoms with van der Waals surface area (Å²) in [6.07, 6.45) is 1.28. The van der Waals surface area contributed by atoms with Crippen LogP contribution in [-0.4, -0.2) is 29.9 Å². The van der Waals surface area contributed by atoms with Crippen LogP contribution < -0.4 is 4.74 Å². The fourth-order valence-corrected chi connectivity index (χ4v) is 3.00. The number of piperidine rings is 1. The highest BCUT2D eigenvalue weighted by Gasteiger charge is 2.43. The topological polar surface area (TPSA) is 29.5 Å². The number of carbonyl (C=O) groups is 1. The number of ketones is 1. The maximum atomic E-state index is 12.1. The zero-order chi connectivity index (χ0) is 14.0. The molecule has 1 fully saturated rings. The predicted octanol–water partition coefficient (Wildman–Crippen LogP) is 3.06. The molecule has 1 saturated heterocycles. The summed E-state index contributed by atoms with van der Waals surface area (Å²) in [4.78, 5) is 12.1. The van der Waals surface area contributed by atoms with Crippen molar-refractivity contribution in [2.45, 2.75) is 32.7 Å². The van der Waals surface area contributed by atoms with Crippen molar-refractivity contribution in [1.29, 1.82) is 0 Å². The molecule has 104 valence electrons. The Hall–Kier alpha value is -1.06. The van der Waals surface area contributed by atoms with E-state index in [-0.39, 0.29) is 11.8 Å². The van der Waals surface area contributed by atoms with Crippen molar-refractivity contribution in [1.82, 2.24) is 4.42 Å². The number of rotatable bonds is 3. The Morgan fingerprint density at radius 2 is 2.21 bits per heavy atom. The smallest absolute Gasteiger partial charge is 0.141 e. The summed E-state index contributed by atoms with van der Waals surface area (Å²) in [6, 6.07) is 7.94. The van der Waals surface area contributed by atoms with Gasteiger partial charge in [-0.15, -0.1) is 0 Å². The van der Waals surface area contributed by atoms with Crippen molar-refractivity contribution in [2.75, 3.05) is 13.7 Å². The number of carbonyl (C=O) groups excluding carboxylic acids is 1. The summed E-state index contributed by atoms with van der Waals surface area (Å²) in [5.74, 6) is 1.12. The first kappa shape index (κ1) is 14.4. The lowest BCUT2D eigenvalue weighted by Crippen LogP contribution is -2.51. The van der Waals surface area contributed by atoms with E-state index in [1.54, 1.807) is 11.5 Å². The quantitative estimate of drug-likeness (QED) is 0.798. The third kappa shape index (κ3) is 2.93. The van der Waals surface area contributed by atoms with Crippen LogP contribution in [0.1, 0.15) is 25.8 Å². The first-order valence-corrected chi connectivity index (χ1v) is 6.87. The molecule has 0 amide bonds.